The first-order valence-corrected chi connectivity index (χ1v) is 6.96. The fourth-order valence-corrected chi connectivity index (χ4v) is 2.06. The molecule has 2 aromatic carbocycles. The minimum Gasteiger partial charge on any atom is -0.495 e. The second-order valence-corrected chi connectivity index (χ2v) is 5.24. The number of methoxy groups -OCH3 is 1. The molecule has 6 heteroatoms. The van der Waals surface area contributed by atoms with Crippen molar-refractivity contribution in [3.05, 3.63) is 57.8 Å². The van der Waals surface area contributed by atoms with Crippen molar-refractivity contribution in [2.75, 3.05) is 12.8 Å². The summed E-state index contributed by atoms with van der Waals surface area (Å²) in [5.41, 5.74) is 7.39. The van der Waals surface area contributed by atoms with Gasteiger partial charge >= 0.3 is 0 Å². The number of nitrogen functional groups attached to an aromatic ring is 1. The quantitative estimate of drug-likeness (QED) is 0.831. The summed E-state index contributed by atoms with van der Waals surface area (Å²) in [4.78, 5) is 11.9. The van der Waals surface area contributed by atoms with Crippen LogP contribution in [-0.2, 0) is 6.54 Å². The number of hydrogen-bond acceptors (Lipinski definition) is 3. The molecule has 0 bridgehead atoms. The van der Waals surface area contributed by atoms with Crippen LogP contribution in [0.15, 0.2) is 40.9 Å². The van der Waals surface area contributed by atoms with Gasteiger partial charge in [0.05, 0.1) is 17.3 Å². The van der Waals surface area contributed by atoms with E-state index in [1.807, 2.05) is 0 Å². The van der Waals surface area contributed by atoms with Crippen LogP contribution in [0.5, 0.6) is 5.75 Å². The Balaban J connectivity index is 2.03. The summed E-state index contributed by atoms with van der Waals surface area (Å²) in [7, 11) is 1.54. The number of rotatable bonds is 4. The van der Waals surface area contributed by atoms with Crippen LogP contribution in [0.25, 0.3) is 0 Å². The molecule has 0 atom stereocenters. The minimum absolute atomic E-state index is 0.261. The SMILES string of the molecule is COc1ccc(CNC(=O)c2ccc(Br)c(F)c2)cc1N. The lowest BCUT2D eigenvalue weighted by Gasteiger charge is -2.09. The Hall–Kier alpha value is -2.08. The van der Waals surface area contributed by atoms with E-state index in [1.54, 1.807) is 24.3 Å². The molecule has 0 aliphatic rings. The Bertz CT molecular complexity index is 677. The molecule has 2 aromatic rings. The van der Waals surface area contributed by atoms with E-state index in [-0.39, 0.29) is 11.5 Å². The third-order valence-corrected chi connectivity index (χ3v) is 3.57. The molecule has 0 heterocycles. The lowest BCUT2D eigenvalue weighted by molar-refractivity contribution is 0.0950. The van der Waals surface area contributed by atoms with Crippen molar-refractivity contribution in [1.82, 2.24) is 5.32 Å². The molecule has 110 valence electrons. The second kappa shape index (κ2) is 6.58. The standard InChI is InChI=1S/C15H14BrFN2O2/c1-21-14-5-2-9(6-13(14)18)8-19-15(20)10-3-4-11(16)12(17)7-10/h2-7H,8,18H2,1H3,(H,19,20). The van der Waals surface area contributed by atoms with Crippen LogP contribution in [0, 0.1) is 5.82 Å². The van der Waals surface area contributed by atoms with Crippen LogP contribution in [0.1, 0.15) is 15.9 Å². The molecule has 2 rings (SSSR count). The van der Waals surface area contributed by atoms with Crippen molar-refractivity contribution in [3.63, 3.8) is 0 Å². The molecule has 3 N–H and O–H groups in total. The number of ether oxygens (including phenoxy) is 1. The van der Waals surface area contributed by atoms with Gasteiger partial charge in [-0.15, -0.1) is 0 Å². The molecule has 21 heavy (non-hydrogen) atoms. The normalized spacial score (nSPS) is 10.2. The molecule has 1 amide bonds. The van der Waals surface area contributed by atoms with Crippen LogP contribution >= 0.6 is 15.9 Å². The first-order valence-electron chi connectivity index (χ1n) is 6.17. The summed E-state index contributed by atoms with van der Waals surface area (Å²) in [5.74, 6) is -0.243. The van der Waals surface area contributed by atoms with Crippen molar-refractivity contribution in [2.24, 2.45) is 0 Å². The van der Waals surface area contributed by atoms with Gasteiger partial charge in [0.15, 0.2) is 0 Å². The summed E-state index contributed by atoms with van der Waals surface area (Å²) in [6.45, 7) is 0.296. The lowest BCUT2D eigenvalue weighted by Crippen LogP contribution is -2.23. The Morgan fingerprint density at radius 1 is 1.33 bits per heavy atom. The molecule has 0 saturated heterocycles. The Kier molecular flexibility index (Phi) is 4.80. The first-order chi connectivity index (χ1) is 10.0. The number of hydrogen-bond donors (Lipinski definition) is 2. The van der Waals surface area contributed by atoms with E-state index in [4.69, 9.17) is 10.5 Å². The minimum atomic E-state index is -0.476. The van der Waals surface area contributed by atoms with Crippen LogP contribution in [0.4, 0.5) is 10.1 Å². The number of anilines is 1. The Morgan fingerprint density at radius 3 is 2.71 bits per heavy atom. The highest BCUT2D eigenvalue weighted by atomic mass is 79.9. The van der Waals surface area contributed by atoms with Gasteiger partial charge in [-0.05, 0) is 51.8 Å². The molecule has 0 fully saturated rings. The Morgan fingerprint density at radius 2 is 2.10 bits per heavy atom. The highest BCUT2D eigenvalue weighted by Gasteiger charge is 2.09. The average molecular weight is 353 g/mol. The third-order valence-electron chi connectivity index (χ3n) is 2.93. The molecule has 0 aromatic heterocycles. The van der Waals surface area contributed by atoms with Crippen molar-refractivity contribution in [2.45, 2.75) is 6.54 Å². The predicted molar refractivity (Wildman–Crippen MR) is 82.7 cm³/mol. The van der Waals surface area contributed by atoms with E-state index in [2.05, 4.69) is 21.2 Å². The van der Waals surface area contributed by atoms with E-state index >= 15 is 0 Å². The number of halogens is 2. The highest BCUT2D eigenvalue weighted by molar-refractivity contribution is 9.10. The summed E-state index contributed by atoms with van der Waals surface area (Å²) < 4.78 is 18.8. The van der Waals surface area contributed by atoms with Crippen LogP contribution in [0.3, 0.4) is 0 Å². The number of carbonyl (C=O) groups is 1. The average Bonchev–Trinajstić information content (AvgIpc) is 2.47. The van der Waals surface area contributed by atoms with Crippen molar-refractivity contribution in [1.29, 1.82) is 0 Å². The number of nitrogens with one attached hydrogen (secondary N) is 1. The monoisotopic (exact) mass is 352 g/mol. The van der Waals surface area contributed by atoms with Gasteiger partial charge in [0.2, 0.25) is 0 Å². The maximum atomic E-state index is 13.4. The number of nitrogens with two attached hydrogens (primary N) is 1. The molecule has 0 aliphatic heterocycles. The van der Waals surface area contributed by atoms with Crippen molar-refractivity contribution in [3.8, 4) is 5.75 Å². The van der Waals surface area contributed by atoms with Gasteiger partial charge in [-0.1, -0.05) is 6.07 Å². The van der Waals surface area contributed by atoms with E-state index in [0.717, 1.165) is 5.56 Å². The van der Waals surface area contributed by atoms with Crippen LogP contribution < -0.4 is 15.8 Å². The van der Waals surface area contributed by atoms with E-state index in [0.29, 0.717) is 22.5 Å². The van der Waals surface area contributed by atoms with Crippen LogP contribution in [-0.4, -0.2) is 13.0 Å². The van der Waals surface area contributed by atoms with E-state index in [1.165, 1.54) is 19.2 Å². The zero-order chi connectivity index (χ0) is 15.4. The first kappa shape index (κ1) is 15.3. The largest absolute Gasteiger partial charge is 0.495 e. The molecular formula is C15H14BrFN2O2. The lowest BCUT2D eigenvalue weighted by atomic mass is 10.1. The predicted octanol–water partition coefficient (Wildman–Crippen LogP) is 3.11. The molecular weight excluding hydrogens is 339 g/mol. The third kappa shape index (κ3) is 3.72. The van der Waals surface area contributed by atoms with Crippen molar-refractivity contribution >= 4 is 27.5 Å². The summed E-state index contributed by atoms with van der Waals surface area (Å²) >= 11 is 3.04. The topological polar surface area (TPSA) is 64.3 Å². The maximum absolute atomic E-state index is 13.4. The van der Waals surface area contributed by atoms with Gasteiger partial charge in [0, 0.05) is 12.1 Å². The smallest absolute Gasteiger partial charge is 0.251 e. The highest BCUT2D eigenvalue weighted by Crippen LogP contribution is 2.22. The molecule has 0 unspecified atom stereocenters. The molecule has 0 aliphatic carbocycles. The number of carbonyl (C=O) groups excluding carboxylic acids is 1. The van der Waals surface area contributed by atoms with Crippen LogP contribution in [0.2, 0.25) is 0 Å². The van der Waals surface area contributed by atoms with Gasteiger partial charge in [-0.3, -0.25) is 4.79 Å². The zero-order valence-electron chi connectivity index (χ0n) is 11.3. The van der Waals surface area contributed by atoms with Gasteiger partial charge in [0.1, 0.15) is 11.6 Å². The number of amides is 1. The number of benzene rings is 2. The summed E-state index contributed by atoms with van der Waals surface area (Å²) in [5, 5.41) is 2.71. The Labute approximate surface area is 130 Å². The summed E-state index contributed by atoms with van der Waals surface area (Å²) in [6.07, 6.45) is 0. The van der Waals surface area contributed by atoms with Gasteiger partial charge in [-0.2, -0.15) is 0 Å². The second-order valence-electron chi connectivity index (χ2n) is 4.39. The maximum Gasteiger partial charge on any atom is 0.251 e. The van der Waals surface area contributed by atoms with E-state index in [9.17, 15) is 9.18 Å². The summed E-state index contributed by atoms with van der Waals surface area (Å²) in [6, 6.07) is 9.48. The zero-order valence-corrected chi connectivity index (χ0v) is 12.9. The van der Waals surface area contributed by atoms with Gasteiger partial charge in [-0.25, -0.2) is 4.39 Å². The molecule has 4 nitrogen and oxygen atoms in total. The molecule has 0 saturated carbocycles. The van der Waals surface area contributed by atoms with Gasteiger partial charge < -0.3 is 15.8 Å². The fraction of sp³-hybridized carbons (Fsp3) is 0.133. The van der Waals surface area contributed by atoms with E-state index < -0.39 is 5.82 Å². The van der Waals surface area contributed by atoms with Gasteiger partial charge in [0.25, 0.3) is 5.91 Å². The van der Waals surface area contributed by atoms with Crippen molar-refractivity contribution < 1.29 is 13.9 Å². The molecule has 0 radical (unpaired) electrons. The molecule has 0 spiro atoms. The fourth-order valence-electron chi connectivity index (χ4n) is 1.82.